The number of thioether (sulfide) groups is 1. The van der Waals surface area contributed by atoms with Gasteiger partial charge in [0.2, 0.25) is 5.95 Å². The van der Waals surface area contributed by atoms with E-state index in [2.05, 4.69) is 15.3 Å². The van der Waals surface area contributed by atoms with Gasteiger partial charge in [-0.3, -0.25) is 10.1 Å². The first kappa shape index (κ1) is 14.0. The molecule has 2 heterocycles. The van der Waals surface area contributed by atoms with Crippen LogP contribution in [-0.2, 0) is 4.74 Å². The third kappa shape index (κ3) is 3.77. The molecule has 1 fully saturated rings. The van der Waals surface area contributed by atoms with Gasteiger partial charge >= 0.3 is 5.69 Å². The maximum Gasteiger partial charge on any atom is 0.319 e. The van der Waals surface area contributed by atoms with Gasteiger partial charge in [0.05, 0.1) is 11.0 Å². The van der Waals surface area contributed by atoms with E-state index in [-0.39, 0.29) is 11.8 Å². The van der Waals surface area contributed by atoms with Crippen molar-refractivity contribution < 1.29 is 9.66 Å². The molecule has 7 nitrogen and oxygen atoms in total. The van der Waals surface area contributed by atoms with Gasteiger partial charge in [-0.1, -0.05) is 11.8 Å². The van der Waals surface area contributed by atoms with E-state index < -0.39 is 4.92 Å². The van der Waals surface area contributed by atoms with Crippen LogP contribution in [0.3, 0.4) is 0 Å². The summed E-state index contributed by atoms with van der Waals surface area (Å²) < 4.78 is 5.50. The van der Waals surface area contributed by atoms with Crippen molar-refractivity contribution in [2.24, 2.45) is 0 Å². The highest BCUT2D eigenvalue weighted by Gasteiger charge is 2.21. The van der Waals surface area contributed by atoms with Gasteiger partial charge in [0.15, 0.2) is 5.03 Å². The summed E-state index contributed by atoms with van der Waals surface area (Å²) in [5.74, 6) is 1.10. The van der Waals surface area contributed by atoms with Gasteiger partial charge < -0.3 is 10.1 Å². The standard InChI is InChI=1S/C11H16N4O3S/c1-2-12-11-13-6-9(15(16)17)10(14-11)19-7-8-4-3-5-18-8/h6,8H,2-5,7H2,1H3,(H,12,13,14). The molecule has 1 aromatic rings. The summed E-state index contributed by atoms with van der Waals surface area (Å²) in [6, 6.07) is 0. The molecule has 0 saturated carbocycles. The van der Waals surface area contributed by atoms with Crippen LogP contribution >= 0.6 is 11.8 Å². The first-order chi connectivity index (χ1) is 9.20. The Kier molecular flexibility index (Phi) is 4.92. The van der Waals surface area contributed by atoms with Crippen molar-refractivity contribution in [3.63, 3.8) is 0 Å². The van der Waals surface area contributed by atoms with E-state index in [1.165, 1.54) is 18.0 Å². The molecule has 0 aromatic carbocycles. The predicted molar refractivity (Wildman–Crippen MR) is 72.5 cm³/mol. The Bertz CT molecular complexity index is 452. The Morgan fingerprint density at radius 3 is 3.16 bits per heavy atom. The SMILES string of the molecule is CCNc1ncc([N+](=O)[O-])c(SCC2CCCO2)n1. The second-order valence-corrected chi connectivity index (χ2v) is 5.13. The van der Waals surface area contributed by atoms with Gasteiger partial charge in [0, 0.05) is 18.9 Å². The molecule has 0 bridgehead atoms. The third-order valence-electron chi connectivity index (χ3n) is 2.70. The van der Waals surface area contributed by atoms with Crippen molar-refractivity contribution in [2.75, 3.05) is 24.2 Å². The van der Waals surface area contributed by atoms with E-state index in [4.69, 9.17) is 4.74 Å². The molecule has 1 aliphatic rings. The maximum absolute atomic E-state index is 10.9. The molecule has 1 N–H and O–H groups in total. The van der Waals surface area contributed by atoms with Gasteiger partial charge in [0.25, 0.3) is 0 Å². The molecule has 0 aliphatic carbocycles. The first-order valence-electron chi connectivity index (χ1n) is 6.20. The minimum Gasteiger partial charge on any atom is -0.377 e. The Morgan fingerprint density at radius 2 is 2.53 bits per heavy atom. The van der Waals surface area contributed by atoms with Gasteiger partial charge in [-0.25, -0.2) is 4.98 Å². The monoisotopic (exact) mass is 284 g/mol. The molecule has 0 amide bonds. The summed E-state index contributed by atoms with van der Waals surface area (Å²) in [4.78, 5) is 18.6. The average molecular weight is 284 g/mol. The highest BCUT2D eigenvalue weighted by atomic mass is 32.2. The smallest absolute Gasteiger partial charge is 0.319 e. The number of aromatic nitrogens is 2. The normalized spacial score (nSPS) is 18.5. The summed E-state index contributed by atoms with van der Waals surface area (Å²) in [5, 5.41) is 14.3. The molecule has 19 heavy (non-hydrogen) atoms. The highest BCUT2D eigenvalue weighted by Crippen LogP contribution is 2.29. The predicted octanol–water partition coefficient (Wildman–Crippen LogP) is 2.09. The summed E-state index contributed by atoms with van der Waals surface area (Å²) in [5.41, 5.74) is -0.0513. The Morgan fingerprint density at radius 1 is 1.68 bits per heavy atom. The number of hydrogen-bond acceptors (Lipinski definition) is 7. The van der Waals surface area contributed by atoms with Gasteiger partial charge in [0.1, 0.15) is 6.20 Å². The van der Waals surface area contributed by atoms with Crippen LogP contribution in [0.2, 0.25) is 0 Å². The molecule has 2 rings (SSSR count). The van der Waals surface area contributed by atoms with Crippen molar-refractivity contribution in [1.29, 1.82) is 0 Å². The minimum absolute atomic E-state index is 0.0513. The van der Waals surface area contributed by atoms with E-state index in [1.54, 1.807) is 0 Å². The Balaban J connectivity index is 2.09. The van der Waals surface area contributed by atoms with Crippen molar-refractivity contribution in [2.45, 2.75) is 30.9 Å². The molecule has 1 atom stereocenters. The molecular formula is C11H16N4O3S. The molecule has 0 spiro atoms. The number of rotatable bonds is 6. The largest absolute Gasteiger partial charge is 0.377 e. The lowest BCUT2D eigenvalue weighted by atomic mass is 10.3. The zero-order valence-corrected chi connectivity index (χ0v) is 11.5. The molecule has 1 aromatic heterocycles. The Labute approximate surface area is 115 Å². The van der Waals surface area contributed by atoms with E-state index >= 15 is 0 Å². The van der Waals surface area contributed by atoms with Gasteiger partial charge in [-0.05, 0) is 19.8 Å². The molecule has 1 aliphatic heterocycles. The van der Waals surface area contributed by atoms with E-state index in [1.807, 2.05) is 6.92 Å². The van der Waals surface area contributed by atoms with E-state index in [0.717, 1.165) is 19.4 Å². The second kappa shape index (κ2) is 6.67. The second-order valence-electron chi connectivity index (χ2n) is 4.12. The van der Waals surface area contributed by atoms with Crippen LogP contribution in [0.25, 0.3) is 0 Å². The van der Waals surface area contributed by atoms with Crippen molar-refractivity contribution in [3.8, 4) is 0 Å². The van der Waals surface area contributed by atoms with Crippen LogP contribution in [0.1, 0.15) is 19.8 Å². The molecule has 8 heteroatoms. The molecular weight excluding hydrogens is 268 g/mol. The zero-order valence-electron chi connectivity index (χ0n) is 10.7. The van der Waals surface area contributed by atoms with Gasteiger partial charge in [-0.2, -0.15) is 4.98 Å². The van der Waals surface area contributed by atoms with E-state index in [9.17, 15) is 10.1 Å². The lowest BCUT2D eigenvalue weighted by molar-refractivity contribution is -0.388. The van der Waals surface area contributed by atoms with Crippen LogP contribution < -0.4 is 5.32 Å². The third-order valence-corrected chi connectivity index (χ3v) is 3.81. The molecule has 1 unspecified atom stereocenters. The van der Waals surface area contributed by atoms with Crippen LogP contribution in [0, 0.1) is 10.1 Å². The summed E-state index contributed by atoms with van der Waals surface area (Å²) in [6.07, 6.45) is 3.48. The van der Waals surface area contributed by atoms with Crippen LogP contribution in [0.5, 0.6) is 0 Å². The average Bonchev–Trinajstić information content (AvgIpc) is 2.89. The number of nitro groups is 1. The summed E-state index contributed by atoms with van der Waals surface area (Å²) in [6.45, 7) is 3.37. The lowest BCUT2D eigenvalue weighted by Crippen LogP contribution is -2.09. The minimum atomic E-state index is -0.451. The number of anilines is 1. The summed E-state index contributed by atoms with van der Waals surface area (Å²) >= 11 is 1.35. The maximum atomic E-state index is 10.9. The zero-order chi connectivity index (χ0) is 13.7. The fourth-order valence-electron chi connectivity index (χ4n) is 1.78. The topological polar surface area (TPSA) is 90.2 Å². The highest BCUT2D eigenvalue weighted by molar-refractivity contribution is 7.99. The quantitative estimate of drug-likeness (QED) is 0.370. The van der Waals surface area contributed by atoms with E-state index in [0.29, 0.717) is 23.3 Å². The Hall–Kier alpha value is -1.41. The van der Waals surface area contributed by atoms with Crippen molar-refractivity contribution >= 4 is 23.4 Å². The van der Waals surface area contributed by atoms with Crippen molar-refractivity contribution in [3.05, 3.63) is 16.3 Å². The van der Waals surface area contributed by atoms with Crippen LogP contribution in [0.15, 0.2) is 11.2 Å². The molecule has 104 valence electrons. The number of hydrogen-bond donors (Lipinski definition) is 1. The first-order valence-corrected chi connectivity index (χ1v) is 7.19. The van der Waals surface area contributed by atoms with Crippen LogP contribution in [-0.4, -0.2) is 39.9 Å². The fraction of sp³-hybridized carbons (Fsp3) is 0.636. The lowest BCUT2D eigenvalue weighted by Gasteiger charge is -2.09. The van der Waals surface area contributed by atoms with Crippen LogP contribution in [0.4, 0.5) is 11.6 Å². The number of ether oxygens (including phenoxy) is 1. The molecule has 1 saturated heterocycles. The van der Waals surface area contributed by atoms with Crippen molar-refractivity contribution in [1.82, 2.24) is 9.97 Å². The molecule has 0 radical (unpaired) electrons. The number of nitrogens with one attached hydrogen (secondary N) is 1. The summed E-state index contributed by atoms with van der Waals surface area (Å²) in [7, 11) is 0. The number of nitrogens with zero attached hydrogens (tertiary/aromatic N) is 3. The van der Waals surface area contributed by atoms with Gasteiger partial charge in [-0.15, -0.1) is 0 Å². The fourth-order valence-corrected chi connectivity index (χ4v) is 2.82.